The van der Waals surface area contributed by atoms with Gasteiger partial charge in [-0.1, -0.05) is 36.4 Å². The predicted octanol–water partition coefficient (Wildman–Crippen LogP) is 3.28. The maximum absolute atomic E-state index is 11.8. The number of amides is 2. The molecule has 0 aliphatic carbocycles. The molecule has 0 heterocycles. The van der Waals surface area contributed by atoms with E-state index in [1.165, 1.54) is 0 Å². The van der Waals surface area contributed by atoms with Crippen molar-refractivity contribution in [1.29, 1.82) is 0 Å². The van der Waals surface area contributed by atoms with Crippen LogP contribution in [0.15, 0.2) is 60.7 Å². The molecule has 0 fully saturated rings. The number of rotatable bonds is 5. The fraction of sp³-hybridized carbons (Fsp3) is 0.188. The first-order chi connectivity index (χ1) is 9.74. The molecule has 0 saturated heterocycles. The van der Waals surface area contributed by atoms with Crippen molar-refractivity contribution in [2.24, 2.45) is 0 Å². The van der Waals surface area contributed by atoms with Gasteiger partial charge in [-0.15, -0.1) is 0 Å². The van der Waals surface area contributed by atoms with Gasteiger partial charge in [-0.05, 0) is 31.2 Å². The summed E-state index contributed by atoms with van der Waals surface area (Å²) >= 11 is 0. The summed E-state index contributed by atoms with van der Waals surface area (Å²) < 4.78 is 5.58. The van der Waals surface area contributed by atoms with Crippen LogP contribution in [0.4, 0.5) is 10.5 Å². The lowest BCUT2D eigenvalue weighted by molar-refractivity contribution is 0.236. The maximum atomic E-state index is 11.8. The average molecular weight is 270 g/mol. The first-order valence-electron chi connectivity index (χ1n) is 6.54. The molecular formula is C16H18N2O2. The van der Waals surface area contributed by atoms with Gasteiger partial charge in [-0.3, -0.25) is 0 Å². The molecule has 2 aromatic carbocycles. The van der Waals surface area contributed by atoms with E-state index in [9.17, 15) is 4.79 Å². The van der Waals surface area contributed by atoms with E-state index in [0.29, 0.717) is 6.61 Å². The zero-order chi connectivity index (χ0) is 14.2. The molecule has 2 rings (SSSR count). The SMILES string of the molecule is C[C@H](COc1ccccc1)NC(=O)Nc1ccccc1. The second-order valence-corrected chi connectivity index (χ2v) is 4.49. The second-order valence-electron chi connectivity index (χ2n) is 4.49. The third kappa shape index (κ3) is 4.65. The number of hydrogen-bond acceptors (Lipinski definition) is 2. The van der Waals surface area contributed by atoms with Crippen molar-refractivity contribution in [3.63, 3.8) is 0 Å². The van der Waals surface area contributed by atoms with Crippen LogP contribution in [0.25, 0.3) is 0 Å². The molecule has 104 valence electrons. The number of benzene rings is 2. The molecule has 2 aromatic rings. The van der Waals surface area contributed by atoms with Crippen LogP contribution >= 0.6 is 0 Å². The van der Waals surface area contributed by atoms with Gasteiger partial charge in [0.1, 0.15) is 12.4 Å². The van der Waals surface area contributed by atoms with Gasteiger partial charge >= 0.3 is 6.03 Å². The van der Waals surface area contributed by atoms with Crippen molar-refractivity contribution in [3.05, 3.63) is 60.7 Å². The van der Waals surface area contributed by atoms with Crippen molar-refractivity contribution < 1.29 is 9.53 Å². The fourth-order valence-corrected chi connectivity index (χ4v) is 1.69. The molecule has 2 N–H and O–H groups in total. The fourth-order valence-electron chi connectivity index (χ4n) is 1.69. The lowest BCUT2D eigenvalue weighted by atomic mass is 10.3. The van der Waals surface area contributed by atoms with Crippen LogP contribution < -0.4 is 15.4 Å². The van der Waals surface area contributed by atoms with Gasteiger partial charge in [0.25, 0.3) is 0 Å². The average Bonchev–Trinajstić information content (AvgIpc) is 2.47. The first kappa shape index (κ1) is 13.9. The highest BCUT2D eigenvalue weighted by Crippen LogP contribution is 2.08. The third-order valence-corrected chi connectivity index (χ3v) is 2.65. The highest BCUT2D eigenvalue weighted by molar-refractivity contribution is 5.89. The van der Waals surface area contributed by atoms with Crippen molar-refractivity contribution in [1.82, 2.24) is 5.32 Å². The van der Waals surface area contributed by atoms with E-state index < -0.39 is 0 Å². The number of para-hydroxylation sites is 2. The molecular weight excluding hydrogens is 252 g/mol. The number of nitrogens with one attached hydrogen (secondary N) is 2. The Kier molecular flexibility index (Phi) is 5.00. The molecule has 1 atom stereocenters. The van der Waals surface area contributed by atoms with E-state index >= 15 is 0 Å². The Morgan fingerprint density at radius 2 is 1.65 bits per heavy atom. The quantitative estimate of drug-likeness (QED) is 0.876. The molecule has 20 heavy (non-hydrogen) atoms. The van der Waals surface area contributed by atoms with E-state index in [-0.39, 0.29) is 12.1 Å². The predicted molar refractivity (Wildman–Crippen MR) is 80.0 cm³/mol. The van der Waals surface area contributed by atoms with Crippen molar-refractivity contribution >= 4 is 11.7 Å². The molecule has 0 saturated carbocycles. The minimum Gasteiger partial charge on any atom is -0.491 e. The van der Waals surface area contributed by atoms with Gasteiger partial charge in [0.15, 0.2) is 0 Å². The summed E-state index contributed by atoms with van der Waals surface area (Å²) in [5.74, 6) is 0.796. The number of urea groups is 1. The zero-order valence-corrected chi connectivity index (χ0v) is 11.4. The number of carbonyl (C=O) groups is 1. The molecule has 0 aliphatic heterocycles. The molecule has 2 amide bonds. The molecule has 4 nitrogen and oxygen atoms in total. The topological polar surface area (TPSA) is 50.4 Å². The van der Waals surface area contributed by atoms with Gasteiger partial charge in [-0.2, -0.15) is 0 Å². The molecule has 0 radical (unpaired) electrons. The summed E-state index contributed by atoms with van der Waals surface area (Å²) in [4.78, 5) is 11.8. The van der Waals surface area contributed by atoms with Crippen LogP contribution in [0, 0.1) is 0 Å². The third-order valence-electron chi connectivity index (χ3n) is 2.65. The first-order valence-corrected chi connectivity index (χ1v) is 6.54. The largest absolute Gasteiger partial charge is 0.491 e. The summed E-state index contributed by atoms with van der Waals surface area (Å²) in [5, 5.41) is 5.59. The van der Waals surface area contributed by atoms with Gasteiger partial charge in [0.2, 0.25) is 0 Å². The normalized spacial score (nSPS) is 11.4. The number of anilines is 1. The molecule has 0 spiro atoms. The highest BCUT2D eigenvalue weighted by Gasteiger charge is 2.07. The minimum absolute atomic E-state index is 0.0843. The lowest BCUT2D eigenvalue weighted by Crippen LogP contribution is -2.39. The number of carbonyl (C=O) groups excluding carboxylic acids is 1. The van der Waals surface area contributed by atoms with Crippen LogP contribution in [0.5, 0.6) is 5.75 Å². The standard InChI is InChI=1S/C16H18N2O2/c1-13(12-20-15-10-6-3-7-11-15)17-16(19)18-14-8-4-2-5-9-14/h2-11,13H,12H2,1H3,(H2,17,18,19)/t13-/m1/s1. The maximum Gasteiger partial charge on any atom is 0.319 e. The monoisotopic (exact) mass is 270 g/mol. The van der Waals surface area contributed by atoms with Crippen molar-refractivity contribution in [2.45, 2.75) is 13.0 Å². The minimum atomic E-state index is -0.236. The van der Waals surface area contributed by atoms with Gasteiger partial charge in [-0.25, -0.2) is 4.79 Å². The summed E-state index contributed by atoms with van der Waals surface area (Å²) in [6.45, 7) is 2.32. The van der Waals surface area contributed by atoms with E-state index in [0.717, 1.165) is 11.4 Å². The van der Waals surface area contributed by atoms with Gasteiger partial charge in [0.05, 0.1) is 6.04 Å². The Labute approximate surface area is 118 Å². The summed E-state index contributed by atoms with van der Waals surface area (Å²) in [5.41, 5.74) is 0.765. The van der Waals surface area contributed by atoms with Crippen LogP contribution in [-0.2, 0) is 0 Å². The van der Waals surface area contributed by atoms with Gasteiger partial charge < -0.3 is 15.4 Å². The summed E-state index contributed by atoms with van der Waals surface area (Å²) in [6.07, 6.45) is 0. The van der Waals surface area contributed by atoms with Crippen LogP contribution in [0.3, 0.4) is 0 Å². The van der Waals surface area contributed by atoms with Crippen LogP contribution in [-0.4, -0.2) is 18.7 Å². The van der Waals surface area contributed by atoms with E-state index in [1.807, 2.05) is 67.6 Å². The molecule has 0 aliphatic rings. The summed E-state index contributed by atoms with van der Waals surface area (Å²) in [6, 6.07) is 18.5. The van der Waals surface area contributed by atoms with Crippen LogP contribution in [0.1, 0.15) is 6.92 Å². The molecule has 0 unspecified atom stereocenters. The molecule has 0 aromatic heterocycles. The highest BCUT2D eigenvalue weighted by atomic mass is 16.5. The molecule has 0 bridgehead atoms. The zero-order valence-electron chi connectivity index (χ0n) is 11.4. The Morgan fingerprint density at radius 1 is 1.05 bits per heavy atom. The van der Waals surface area contributed by atoms with Gasteiger partial charge in [0, 0.05) is 5.69 Å². The Morgan fingerprint density at radius 3 is 2.30 bits per heavy atom. The van der Waals surface area contributed by atoms with E-state index in [4.69, 9.17) is 4.74 Å². The molecule has 4 heteroatoms. The number of ether oxygens (including phenoxy) is 1. The Hall–Kier alpha value is -2.49. The van der Waals surface area contributed by atoms with Crippen molar-refractivity contribution in [2.75, 3.05) is 11.9 Å². The van der Waals surface area contributed by atoms with Crippen LogP contribution in [0.2, 0.25) is 0 Å². The van der Waals surface area contributed by atoms with E-state index in [1.54, 1.807) is 0 Å². The lowest BCUT2D eigenvalue weighted by Gasteiger charge is -2.15. The number of hydrogen-bond donors (Lipinski definition) is 2. The Balaban J connectivity index is 1.74. The smallest absolute Gasteiger partial charge is 0.319 e. The second kappa shape index (κ2) is 7.19. The van der Waals surface area contributed by atoms with Crippen molar-refractivity contribution in [3.8, 4) is 5.75 Å². The van der Waals surface area contributed by atoms with E-state index in [2.05, 4.69) is 10.6 Å². The Bertz CT molecular complexity index is 529. The summed E-state index contributed by atoms with van der Waals surface area (Å²) in [7, 11) is 0.